The number of hydrogen-bond donors (Lipinski definition) is 1. The zero-order valence-electron chi connectivity index (χ0n) is 11.7. The van der Waals surface area contributed by atoms with E-state index >= 15 is 0 Å². The van der Waals surface area contributed by atoms with Gasteiger partial charge in [-0.25, -0.2) is 0 Å². The zero-order valence-corrected chi connectivity index (χ0v) is 11.7. The molecule has 5 heteroatoms. The second kappa shape index (κ2) is 6.04. The smallest absolute Gasteiger partial charge is 0.371 e. The Balaban J connectivity index is 2.25. The number of hydrogen-bond acceptors (Lipinski definition) is 2. The first-order valence-electron chi connectivity index (χ1n) is 7.10. The van der Waals surface area contributed by atoms with E-state index in [1.807, 2.05) is 0 Å². The Morgan fingerprint density at radius 3 is 2.70 bits per heavy atom. The summed E-state index contributed by atoms with van der Waals surface area (Å²) in [5.41, 5.74) is 5.90. The first-order valence-corrected chi connectivity index (χ1v) is 7.10. The van der Waals surface area contributed by atoms with Crippen LogP contribution in [0.15, 0.2) is 18.2 Å². The molecule has 1 fully saturated rings. The minimum absolute atomic E-state index is 0.0896. The fraction of sp³-hybridized carbons (Fsp3) is 0.600. The lowest BCUT2D eigenvalue weighted by atomic mass is 9.95. The molecular formula is C15H21F3N2. The highest BCUT2D eigenvalue weighted by Gasteiger charge is 2.33. The number of benzene rings is 1. The monoisotopic (exact) mass is 286 g/mol. The molecule has 2 nitrogen and oxygen atoms in total. The van der Waals surface area contributed by atoms with Gasteiger partial charge in [0.1, 0.15) is 0 Å². The van der Waals surface area contributed by atoms with Gasteiger partial charge in [-0.2, -0.15) is 13.2 Å². The molecule has 20 heavy (non-hydrogen) atoms. The van der Waals surface area contributed by atoms with Crippen LogP contribution in [0, 0.1) is 5.92 Å². The third-order valence-electron chi connectivity index (χ3n) is 4.08. The van der Waals surface area contributed by atoms with Crippen LogP contribution in [-0.4, -0.2) is 13.1 Å². The van der Waals surface area contributed by atoms with E-state index in [4.69, 9.17) is 5.73 Å². The molecule has 0 spiro atoms. The topological polar surface area (TPSA) is 29.3 Å². The van der Waals surface area contributed by atoms with Crippen molar-refractivity contribution in [2.75, 3.05) is 18.0 Å². The predicted octanol–water partition coefficient (Wildman–Crippen LogP) is 3.79. The molecule has 2 N–H and O–H groups in total. The first-order chi connectivity index (χ1) is 9.45. The van der Waals surface area contributed by atoms with Gasteiger partial charge in [-0.15, -0.1) is 0 Å². The molecule has 0 bridgehead atoms. The molecule has 1 saturated heterocycles. The molecule has 1 aromatic carbocycles. The van der Waals surface area contributed by atoms with Gasteiger partial charge in [-0.1, -0.05) is 13.3 Å². The predicted molar refractivity (Wildman–Crippen MR) is 74.6 cm³/mol. The molecule has 1 aromatic rings. The van der Waals surface area contributed by atoms with Crippen LogP contribution < -0.4 is 10.6 Å². The summed E-state index contributed by atoms with van der Waals surface area (Å²) >= 11 is 0. The van der Waals surface area contributed by atoms with E-state index < -0.39 is 11.7 Å². The van der Waals surface area contributed by atoms with Gasteiger partial charge in [-0.3, -0.25) is 0 Å². The number of piperidine rings is 1. The molecule has 0 radical (unpaired) electrons. The van der Waals surface area contributed by atoms with Crippen molar-refractivity contribution in [2.45, 2.75) is 38.9 Å². The Bertz CT molecular complexity index is 457. The van der Waals surface area contributed by atoms with Gasteiger partial charge in [0.05, 0.1) is 5.56 Å². The number of nitrogens with zero attached hydrogens (tertiary/aromatic N) is 1. The minimum Gasteiger partial charge on any atom is -0.371 e. The summed E-state index contributed by atoms with van der Waals surface area (Å²) in [6.45, 7) is 3.90. The standard InChI is InChI=1S/C15H21F3N2/c1-2-11-4-3-7-20(10-11)13-5-6-14(15(16,17)18)12(8-13)9-19/h5-6,8,11H,2-4,7,9-10,19H2,1H3. The lowest BCUT2D eigenvalue weighted by Gasteiger charge is -2.34. The summed E-state index contributed by atoms with van der Waals surface area (Å²) in [6, 6.07) is 4.33. The van der Waals surface area contributed by atoms with Crippen LogP contribution in [0.2, 0.25) is 0 Å². The molecule has 2 rings (SSSR count). The van der Waals surface area contributed by atoms with Crippen LogP contribution in [0.4, 0.5) is 18.9 Å². The molecule has 112 valence electrons. The van der Waals surface area contributed by atoms with Crippen molar-refractivity contribution in [1.82, 2.24) is 0 Å². The van der Waals surface area contributed by atoms with Gasteiger partial charge in [0, 0.05) is 25.3 Å². The van der Waals surface area contributed by atoms with E-state index in [9.17, 15) is 13.2 Å². The van der Waals surface area contributed by atoms with Crippen LogP contribution in [0.1, 0.15) is 37.3 Å². The van der Waals surface area contributed by atoms with E-state index in [2.05, 4.69) is 11.8 Å². The number of nitrogens with two attached hydrogens (primary N) is 1. The van der Waals surface area contributed by atoms with Crippen molar-refractivity contribution >= 4 is 5.69 Å². The summed E-state index contributed by atoms with van der Waals surface area (Å²) in [4.78, 5) is 2.18. The Morgan fingerprint density at radius 2 is 2.10 bits per heavy atom. The molecule has 1 aliphatic rings. The van der Waals surface area contributed by atoms with E-state index in [0.717, 1.165) is 37.7 Å². The SMILES string of the molecule is CCC1CCCN(c2ccc(C(F)(F)F)c(CN)c2)C1. The van der Waals surface area contributed by atoms with Crippen LogP contribution in [-0.2, 0) is 12.7 Å². The molecular weight excluding hydrogens is 265 g/mol. The molecule has 1 heterocycles. The number of anilines is 1. The van der Waals surface area contributed by atoms with Crippen molar-refractivity contribution in [1.29, 1.82) is 0 Å². The number of rotatable bonds is 3. The summed E-state index contributed by atoms with van der Waals surface area (Å²) in [6.07, 6.45) is -0.920. The largest absolute Gasteiger partial charge is 0.416 e. The third-order valence-corrected chi connectivity index (χ3v) is 4.08. The van der Waals surface area contributed by atoms with Crippen molar-refractivity contribution in [3.8, 4) is 0 Å². The fourth-order valence-electron chi connectivity index (χ4n) is 2.86. The second-order valence-corrected chi connectivity index (χ2v) is 5.41. The molecule has 1 aliphatic heterocycles. The molecule has 0 amide bonds. The summed E-state index contributed by atoms with van der Waals surface area (Å²) in [7, 11) is 0. The minimum atomic E-state index is -4.33. The van der Waals surface area contributed by atoms with Crippen LogP contribution >= 0.6 is 0 Å². The van der Waals surface area contributed by atoms with Gasteiger partial charge >= 0.3 is 6.18 Å². The summed E-state index contributed by atoms with van der Waals surface area (Å²) in [5.74, 6) is 0.632. The van der Waals surface area contributed by atoms with Crippen molar-refractivity contribution < 1.29 is 13.2 Å². The van der Waals surface area contributed by atoms with E-state index in [0.29, 0.717) is 5.92 Å². The number of halogens is 3. The van der Waals surface area contributed by atoms with Gasteiger partial charge in [-0.05, 0) is 42.5 Å². The van der Waals surface area contributed by atoms with E-state index in [-0.39, 0.29) is 12.1 Å². The average molecular weight is 286 g/mol. The molecule has 0 aliphatic carbocycles. The van der Waals surface area contributed by atoms with Crippen LogP contribution in [0.3, 0.4) is 0 Å². The Morgan fingerprint density at radius 1 is 1.35 bits per heavy atom. The summed E-state index contributed by atoms with van der Waals surface area (Å²) in [5, 5.41) is 0. The van der Waals surface area contributed by atoms with Crippen molar-refractivity contribution in [3.05, 3.63) is 29.3 Å². The Labute approximate surface area is 117 Å². The third kappa shape index (κ3) is 3.26. The Kier molecular flexibility index (Phi) is 4.58. The molecule has 1 unspecified atom stereocenters. The van der Waals surface area contributed by atoms with Crippen molar-refractivity contribution in [2.24, 2.45) is 11.7 Å². The second-order valence-electron chi connectivity index (χ2n) is 5.41. The zero-order chi connectivity index (χ0) is 14.8. The maximum absolute atomic E-state index is 12.9. The molecule has 0 saturated carbocycles. The van der Waals surface area contributed by atoms with E-state index in [1.54, 1.807) is 12.1 Å². The summed E-state index contributed by atoms with van der Waals surface area (Å²) < 4.78 is 38.6. The van der Waals surface area contributed by atoms with Crippen LogP contribution in [0.5, 0.6) is 0 Å². The van der Waals surface area contributed by atoms with Gasteiger partial charge in [0.25, 0.3) is 0 Å². The van der Waals surface area contributed by atoms with Gasteiger partial charge in [0.2, 0.25) is 0 Å². The highest BCUT2D eigenvalue weighted by atomic mass is 19.4. The highest BCUT2D eigenvalue weighted by molar-refractivity contribution is 5.52. The fourth-order valence-corrected chi connectivity index (χ4v) is 2.86. The molecule has 1 atom stereocenters. The van der Waals surface area contributed by atoms with Crippen molar-refractivity contribution in [3.63, 3.8) is 0 Å². The Hall–Kier alpha value is -1.23. The number of alkyl halides is 3. The first kappa shape index (κ1) is 15.2. The maximum atomic E-state index is 12.9. The van der Waals surface area contributed by atoms with Gasteiger partial charge < -0.3 is 10.6 Å². The highest BCUT2D eigenvalue weighted by Crippen LogP contribution is 2.34. The lowest BCUT2D eigenvalue weighted by molar-refractivity contribution is -0.138. The molecule has 0 aromatic heterocycles. The van der Waals surface area contributed by atoms with E-state index in [1.165, 1.54) is 6.42 Å². The van der Waals surface area contributed by atoms with Gasteiger partial charge in [0.15, 0.2) is 0 Å². The van der Waals surface area contributed by atoms with Crippen LogP contribution in [0.25, 0.3) is 0 Å². The maximum Gasteiger partial charge on any atom is 0.416 e. The normalized spacial score (nSPS) is 20.2. The average Bonchev–Trinajstić information content (AvgIpc) is 2.45. The lowest BCUT2D eigenvalue weighted by Crippen LogP contribution is -2.35. The quantitative estimate of drug-likeness (QED) is 0.916.